The van der Waals surface area contributed by atoms with Gasteiger partial charge in [-0.3, -0.25) is 0 Å². The first kappa shape index (κ1) is 16.9. The molecule has 0 bridgehead atoms. The molecule has 3 rings (SSSR count). The summed E-state index contributed by atoms with van der Waals surface area (Å²) in [6, 6.07) is 18.8. The first-order chi connectivity index (χ1) is 11.7. The smallest absolute Gasteiger partial charge is 0.0563 e. The molecule has 0 aliphatic rings. The fourth-order valence-corrected chi connectivity index (χ4v) is 3.45. The SMILES string of the molecule is CCCc1cn(-c2ccccc2)c(-c2ccc(Cl)cc2)c1CCC. The van der Waals surface area contributed by atoms with Crippen LogP contribution in [0.5, 0.6) is 0 Å². The number of hydrogen-bond donors (Lipinski definition) is 0. The molecular formula is C22H24ClN. The van der Waals surface area contributed by atoms with Crippen molar-refractivity contribution in [3.05, 3.63) is 76.9 Å². The summed E-state index contributed by atoms with van der Waals surface area (Å²) in [5.41, 5.74) is 6.69. The van der Waals surface area contributed by atoms with Gasteiger partial charge in [-0.2, -0.15) is 0 Å². The summed E-state index contributed by atoms with van der Waals surface area (Å²) in [5.74, 6) is 0. The van der Waals surface area contributed by atoms with Gasteiger partial charge in [0.2, 0.25) is 0 Å². The van der Waals surface area contributed by atoms with Crippen LogP contribution in [0.25, 0.3) is 16.9 Å². The van der Waals surface area contributed by atoms with Gasteiger partial charge < -0.3 is 4.57 Å². The van der Waals surface area contributed by atoms with Gasteiger partial charge in [0.1, 0.15) is 0 Å². The Kier molecular flexibility index (Phi) is 5.42. The molecular weight excluding hydrogens is 314 g/mol. The van der Waals surface area contributed by atoms with E-state index < -0.39 is 0 Å². The Morgan fingerprint density at radius 2 is 1.50 bits per heavy atom. The van der Waals surface area contributed by atoms with E-state index in [4.69, 9.17) is 11.6 Å². The van der Waals surface area contributed by atoms with Crippen LogP contribution in [-0.2, 0) is 12.8 Å². The zero-order valence-corrected chi connectivity index (χ0v) is 15.2. The van der Waals surface area contributed by atoms with Crippen molar-refractivity contribution in [1.29, 1.82) is 0 Å². The number of aromatic nitrogens is 1. The van der Waals surface area contributed by atoms with Crippen molar-refractivity contribution in [2.45, 2.75) is 39.5 Å². The van der Waals surface area contributed by atoms with E-state index >= 15 is 0 Å². The van der Waals surface area contributed by atoms with E-state index in [1.165, 1.54) is 28.1 Å². The van der Waals surface area contributed by atoms with E-state index in [0.29, 0.717) is 0 Å². The highest BCUT2D eigenvalue weighted by Gasteiger charge is 2.17. The molecule has 0 radical (unpaired) electrons. The van der Waals surface area contributed by atoms with Crippen molar-refractivity contribution in [2.75, 3.05) is 0 Å². The molecule has 0 unspecified atom stereocenters. The molecule has 1 heterocycles. The lowest BCUT2D eigenvalue weighted by molar-refractivity contribution is 0.870. The number of para-hydroxylation sites is 1. The zero-order valence-electron chi connectivity index (χ0n) is 14.4. The molecule has 2 heteroatoms. The van der Waals surface area contributed by atoms with Crippen LogP contribution in [0.4, 0.5) is 0 Å². The molecule has 3 aromatic rings. The van der Waals surface area contributed by atoms with Crippen LogP contribution < -0.4 is 0 Å². The maximum absolute atomic E-state index is 6.11. The van der Waals surface area contributed by atoms with Crippen molar-refractivity contribution >= 4 is 11.6 Å². The monoisotopic (exact) mass is 337 g/mol. The average Bonchev–Trinajstić information content (AvgIpc) is 2.96. The largest absolute Gasteiger partial charge is 0.316 e. The Balaban J connectivity index is 2.23. The van der Waals surface area contributed by atoms with Crippen LogP contribution in [0.3, 0.4) is 0 Å². The predicted octanol–water partition coefficient (Wildman–Crippen LogP) is 6.70. The number of halogens is 1. The predicted molar refractivity (Wildman–Crippen MR) is 104 cm³/mol. The Bertz CT molecular complexity index is 785. The van der Waals surface area contributed by atoms with Gasteiger partial charge in [0.05, 0.1) is 5.69 Å². The number of hydrogen-bond acceptors (Lipinski definition) is 0. The highest BCUT2D eigenvalue weighted by atomic mass is 35.5. The molecule has 0 aliphatic carbocycles. The Morgan fingerprint density at radius 3 is 2.12 bits per heavy atom. The number of nitrogens with zero attached hydrogens (tertiary/aromatic N) is 1. The molecule has 1 nitrogen and oxygen atoms in total. The van der Waals surface area contributed by atoms with E-state index in [0.717, 1.165) is 30.7 Å². The number of aryl methyl sites for hydroxylation is 1. The molecule has 0 amide bonds. The number of benzene rings is 2. The minimum atomic E-state index is 0.780. The standard InChI is InChI=1S/C22H24ClN/c1-3-8-18-16-24(20-10-6-5-7-11-20)22(21(18)9-4-2)17-12-14-19(23)15-13-17/h5-7,10-16H,3-4,8-9H2,1-2H3. The van der Waals surface area contributed by atoms with Crippen LogP contribution in [-0.4, -0.2) is 4.57 Å². The van der Waals surface area contributed by atoms with E-state index in [1.54, 1.807) is 0 Å². The first-order valence-corrected chi connectivity index (χ1v) is 9.16. The third-order valence-corrected chi connectivity index (χ3v) is 4.62. The third-order valence-electron chi connectivity index (χ3n) is 4.37. The van der Waals surface area contributed by atoms with Crippen LogP contribution in [0, 0.1) is 0 Å². The second-order valence-corrected chi connectivity index (χ2v) is 6.63. The minimum absolute atomic E-state index is 0.780. The van der Waals surface area contributed by atoms with Gasteiger partial charge in [0.25, 0.3) is 0 Å². The van der Waals surface area contributed by atoms with Crippen LogP contribution in [0.2, 0.25) is 5.02 Å². The first-order valence-electron chi connectivity index (χ1n) is 8.79. The molecule has 0 saturated carbocycles. The van der Waals surface area contributed by atoms with Gasteiger partial charge in [-0.05, 0) is 53.8 Å². The Morgan fingerprint density at radius 1 is 0.833 bits per heavy atom. The molecule has 0 saturated heterocycles. The molecule has 0 fully saturated rings. The molecule has 1 aromatic heterocycles. The Labute approximate surface area is 149 Å². The van der Waals surface area contributed by atoms with Crippen molar-refractivity contribution in [3.8, 4) is 16.9 Å². The van der Waals surface area contributed by atoms with Crippen molar-refractivity contribution in [1.82, 2.24) is 4.57 Å². The summed E-state index contributed by atoms with van der Waals surface area (Å²) < 4.78 is 2.35. The highest BCUT2D eigenvalue weighted by molar-refractivity contribution is 6.30. The molecule has 0 aliphatic heterocycles. The number of rotatable bonds is 6. The molecule has 0 atom stereocenters. The normalized spacial score (nSPS) is 11.0. The third kappa shape index (κ3) is 3.42. The molecule has 124 valence electrons. The van der Waals surface area contributed by atoms with E-state index in [2.05, 4.69) is 67.1 Å². The summed E-state index contributed by atoms with van der Waals surface area (Å²) in [6.45, 7) is 4.50. The summed E-state index contributed by atoms with van der Waals surface area (Å²) >= 11 is 6.11. The van der Waals surface area contributed by atoms with Gasteiger partial charge in [-0.25, -0.2) is 0 Å². The van der Waals surface area contributed by atoms with Gasteiger partial charge in [-0.15, -0.1) is 0 Å². The van der Waals surface area contributed by atoms with Crippen LogP contribution >= 0.6 is 11.6 Å². The lowest BCUT2D eigenvalue weighted by atomic mass is 9.99. The lowest BCUT2D eigenvalue weighted by Crippen LogP contribution is -1.97. The van der Waals surface area contributed by atoms with Gasteiger partial charge >= 0.3 is 0 Å². The maximum atomic E-state index is 6.11. The second kappa shape index (κ2) is 7.72. The van der Waals surface area contributed by atoms with Gasteiger partial charge in [-0.1, -0.05) is 68.6 Å². The fourth-order valence-electron chi connectivity index (χ4n) is 3.32. The van der Waals surface area contributed by atoms with Crippen molar-refractivity contribution in [2.24, 2.45) is 0 Å². The van der Waals surface area contributed by atoms with Gasteiger partial charge in [0, 0.05) is 16.9 Å². The van der Waals surface area contributed by atoms with Crippen molar-refractivity contribution < 1.29 is 0 Å². The van der Waals surface area contributed by atoms with Crippen LogP contribution in [0.15, 0.2) is 60.8 Å². The minimum Gasteiger partial charge on any atom is -0.316 e. The van der Waals surface area contributed by atoms with Crippen molar-refractivity contribution in [3.63, 3.8) is 0 Å². The second-order valence-electron chi connectivity index (χ2n) is 6.19. The van der Waals surface area contributed by atoms with E-state index in [-0.39, 0.29) is 0 Å². The quantitative estimate of drug-likeness (QED) is 0.471. The topological polar surface area (TPSA) is 4.93 Å². The fraction of sp³-hybridized carbons (Fsp3) is 0.273. The maximum Gasteiger partial charge on any atom is 0.0563 e. The molecule has 0 N–H and O–H groups in total. The van der Waals surface area contributed by atoms with E-state index in [1.807, 2.05) is 12.1 Å². The van der Waals surface area contributed by atoms with E-state index in [9.17, 15) is 0 Å². The molecule has 2 aromatic carbocycles. The van der Waals surface area contributed by atoms with Crippen LogP contribution in [0.1, 0.15) is 37.8 Å². The molecule has 0 spiro atoms. The average molecular weight is 338 g/mol. The summed E-state index contributed by atoms with van der Waals surface area (Å²) in [6.07, 6.45) is 6.86. The summed E-state index contributed by atoms with van der Waals surface area (Å²) in [7, 11) is 0. The zero-order chi connectivity index (χ0) is 16.9. The summed E-state index contributed by atoms with van der Waals surface area (Å²) in [5, 5.41) is 0.780. The lowest BCUT2D eigenvalue weighted by Gasteiger charge is -2.12. The summed E-state index contributed by atoms with van der Waals surface area (Å²) in [4.78, 5) is 0. The van der Waals surface area contributed by atoms with Gasteiger partial charge in [0.15, 0.2) is 0 Å². The highest BCUT2D eigenvalue weighted by Crippen LogP contribution is 2.33. The molecule has 24 heavy (non-hydrogen) atoms. The Hall–Kier alpha value is -1.99.